The van der Waals surface area contributed by atoms with Crippen molar-refractivity contribution in [3.63, 3.8) is 0 Å². The molecule has 11 heteroatoms. The molecule has 0 bridgehead atoms. The van der Waals surface area contributed by atoms with Gasteiger partial charge in [0.1, 0.15) is 5.92 Å². The maximum Gasteiger partial charge on any atom is 0.397 e. The number of piperidine rings is 1. The molecule has 2 aromatic heterocycles. The third-order valence-electron chi connectivity index (χ3n) is 9.27. The first-order valence-electron chi connectivity index (χ1n) is 15.5. The predicted octanol–water partition coefficient (Wildman–Crippen LogP) is 6.36. The zero-order valence-corrected chi connectivity index (χ0v) is 26.8. The molecule has 45 heavy (non-hydrogen) atoms. The Labute approximate surface area is 262 Å². The van der Waals surface area contributed by atoms with Crippen molar-refractivity contribution in [1.82, 2.24) is 35.0 Å². The maximum absolute atomic E-state index is 14.5. The van der Waals surface area contributed by atoms with E-state index in [0.717, 1.165) is 37.3 Å². The molecular weight excluding hydrogens is 579 g/mol. The average molecular weight is 622 g/mol. The first-order chi connectivity index (χ1) is 21.2. The Kier molecular flexibility index (Phi) is 9.21. The van der Waals surface area contributed by atoms with Crippen LogP contribution in [0.25, 0.3) is 11.4 Å². The van der Waals surface area contributed by atoms with Gasteiger partial charge >= 0.3 is 6.18 Å². The predicted molar refractivity (Wildman–Crippen MR) is 168 cm³/mol. The lowest BCUT2D eigenvalue weighted by Crippen LogP contribution is -2.45. The molecular formula is C34H42F3N7O. The van der Waals surface area contributed by atoms with Gasteiger partial charge in [-0.25, -0.2) is 9.36 Å². The number of para-hydroxylation sites is 1. The van der Waals surface area contributed by atoms with Crippen molar-refractivity contribution < 1.29 is 18.0 Å². The van der Waals surface area contributed by atoms with Crippen LogP contribution in [0.4, 0.5) is 13.2 Å². The molecule has 240 valence electrons. The number of aromatic nitrogens is 5. The third-order valence-corrected chi connectivity index (χ3v) is 9.27. The van der Waals surface area contributed by atoms with E-state index in [2.05, 4.69) is 46.4 Å². The van der Waals surface area contributed by atoms with Gasteiger partial charge in [0.15, 0.2) is 0 Å². The summed E-state index contributed by atoms with van der Waals surface area (Å²) < 4.78 is 46.5. The lowest BCUT2D eigenvalue weighted by molar-refractivity contribution is -0.149. The Balaban J connectivity index is 1.33. The van der Waals surface area contributed by atoms with Crippen LogP contribution >= 0.6 is 0 Å². The van der Waals surface area contributed by atoms with Gasteiger partial charge in [0.05, 0.1) is 34.5 Å². The fourth-order valence-corrected chi connectivity index (χ4v) is 6.25. The van der Waals surface area contributed by atoms with Crippen LogP contribution in [-0.4, -0.2) is 67.9 Å². The van der Waals surface area contributed by atoms with Crippen molar-refractivity contribution in [3.8, 4) is 11.4 Å². The minimum Gasteiger partial charge on any atom is -0.351 e. The van der Waals surface area contributed by atoms with Crippen molar-refractivity contribution in [2.45, 2.75) is 66.5 Å². The number of aryl methyl sites for hydroxylation is 2. The van der Waals surface area contributed by atoms with Gasteiger partial charge in [-0.2, -0.15) is 18.3 Å². The molecule has 0 radical (unpaired) electrons. The number of benzene rings is 2. The summed E-state index contributed by atoms with van der Waals surface area (Å²) in [4.78, 5) is 15.9. The number of carbonyl (C=O) groups excluding carboxylic acids is 1. The van der Waals surface area contributed by atoms with Gasteiger partial charge in [0, 0.05) is 37.3 Å². The second kappa shape index (κ2) is 12.8. The molecule has 5 rings (SSSR count). The summed E-state index contributed by atoms with van der Waals surface area (Å²) in [5.74, 6) is -1.88. The minimum absolute atomic E-state index is 0.0586. The van der Waals surface area contributed by atoms with E-state index >= 15 is 0 Å². The number of hydrogen-bond acceptors (Lipinski definition) is 5. The van der Waals surface area contributed by atoms with Gasteiger partial charge < -0.3 is 10.2 Å². The van der Waals surface area contributed by atoms with E-state index in [9.17, 15) is 18.0 Å². The number of amides is 1. The van der Waals surface area contributed by atoms with E-state index < -0.39 is 24.5 Å². The largest absolute Gasteiger partial charge is 0.397 e. The van der Waals surface area contributed by atoms with Crippen molar-refractivity contribution >= 4 is 5.91 Å². The van der Waals surface area contributed by atoms with Crippen LogP contribution in [0.5, 0.6) is 0 Å². The number of halogens is 3. The Bertz CT molecular complexity index is 1640. The molecule has 4 aromatic rings. The molecule has 1 fully saturated rings. The van der Waals surface area contributed by atoms with E-state index in [0.29, 0.717) is 29.4 Å². The number of hydrogen-bond donors (Lipinski definition) is 1. The van der Waals surface area contributed by atoms with Crippen molar-refractivity contribution in [1.29, 1.82) is 0 Å². The van der Waals surface area contributed by atoms with Gasteiger partial charge in [-0.3, -0.25) is 4.79 Å². The first kappa shape index (κ1) is 32.4. The first-order valence-corrected chi connectivity index (χ1v) is 15.5. The summed E-state index contributed by atoms with van der Waals surface area (Å²) in [7, 11) is 0. The van der Waals surface area contributed by atoms with E-state index in [-0.39, 0.29) is 22.2 Å². The Morgan fingerprint density at radius 2 is 1.84 bits per heavy atom. The van der Waals surface area contributed by atoms with Gasteiger partial charge in [-0.15, -0.1) is 5.10 Å². The number of likely N-dealkylation sites (tertiary alicyclic amines) is 1. The summed E-state index contributed by atoms with van der Waals surface area (Å²) >= 11 is 0. The molecule has 2 aromatic carbocycles. The smallest absolute Gasteiger partial charge is 0.351 e. The Hall–Kier alpha value is -3.99. The average Bonchev–Trinajstić information content (AvgIpc) is 3.57. The molecule has 2 atom stereocenters. The second-order valence-electron chi connectivity index (χ2n) is 13.0. The van der Waals surface area contributed by atoms with Crippen molar-refractivity contribution in [2.24, 2.45) is 11.3 Å². The minimum atomic E-state index is -4.61. The van der Waals surface area contributed by atoms with Crippen molar-refractivity contribution in [2.75, 3.05) is 26.2 Å². The summed E-state index contributed by atoms with van der Waals surface area (Å²) in [6.45, 7) is 14.3. The lowest BCUT2D eigenvalue weighted by atomic mass is 9.75. The van der Waals surface area contributed by atoms with Gasteiger partial charge in [-0.1, -0.05) is 50.3 Å². The van der Waals surface area contributed by atoms with Crippen LogP contribution in [-0.2, 0) is 6.42 Å². The van der Waals surface area contributed by atoms with E-state index in [1.54, 1.807) is 67.2 Å². The van der Waals surface area contributed by atoms with E-state index in [1.165, 1.54) is 4.68 Å². The van der Waals surface area contributed by atoms with Gasteiger partial charge in [0.2, 0.25) is 0 Å². The number of rotatable bonds is 9. The van der Waals surface area contributed by atoms with Gasteiger partial charge in [-0.05, 0) is 74.9 Å². The normalized spacial score (nSPS) is 17.8. The topological polar surface area (TPSA) is 80.9 Å². The van der Waals surface area contributed by atoms with E-state index in [1.807, 2.05) is 13.0 Å². The highest BCUT2D eigenvalue weighted by atomic mass is 19.4. The summed E-state index contributed by atoms with van der Waals surface area (Å²) in [6.07, 6.45) is -0.941. The lowest BCUT2D eigenvalue weighted by Gasteiger charge is -2.43. The second-order valence-corrected chi connectivity index (χ2v) is 13.0. The fraction of sp³-hybridized carbons (Fsp3) is 0.471. The highest BCUT2D eigenvalue weighted by Crippen LogP contribution is 2.38. The molecule has 8 nitrogen and oxygen atoms in total. The highest BCUT2D eigenvalue weighted by molar-refractivity contribution is 5.97. The molecule has 0 spiro atoms. The van der Waals surface area contributed by atoms with Crippen LogP contribution in [0.2, 0.25) is 0 Å². The molecule has 1 saturated heterocycles. The number of alkyl halides is 3. The van der Waals surface area contributed by atoms with Gasteiger partial charge in [0.25, 0.3) is 5.91 Å². The molecule has 1 aliphatic heterocycles. The zero-order chi connectivity index (χ0) is 32.5. The number of carbonyl (C=O) groups is 1. The SMILES string of the molecule is Cc1ccc(C(=O)NCC(c2c(C)nn(-c3ccccc3)c2C)C(F)(F)F)c(-n2cc(CCN3CCC(C)C(C)(C)C3)nn2)c1. The van der Waals surface area contributed by atoms with Crippen LogP contribution in [0.3, 0.4) is 0 Å². The summed E-state index contributed by atoms with van der Waals surface area (Å²) in [5.41, 5.74) is 3.98. The molecule has 1 N–H and O–H groups in total. The molecule has 0 saturated carbocycles. The van der Waals surface area contributed by atoms with Crippen LogP contribution in [0.1, 0.15) is 71.7 Å². The molecule has 3 heterocycles. The number of nitrogens with zero attached hydrogens (tertiary/aromatic N) is 6. The molecule has 1 aliphatic rings. The van der Waals surface area contributed by atoms with Crippen molar-refractivity contribution in [3.05, 3.63) is 88.5 Å². The van der Waals surface area contributed by atoms with E-state index in [4.69, 9.17) is 0 Å². The summed E-state index contributed by atoms with van der Waals surface area (Å²) in [6, 6.07) is 14.2. The third kappa shape index (κ3) is 7.13. The Morgan fingerprint density at radius 1 is 1.11 bits per heavy atom. The quantitative estimate of drug-likeness (QED) is 0.235. The maximum atomic E-state index is 14.5. The molecule has 1 amide bonds. The van der Waals surface area contributed by atoms with Crippen LogP contribution in [0.15, 0.2) is 54.7 Å². The summed E-state index contributed by atoms with van der Waals surface area (Å²) in [5, 5.41) is 15.6. The molecule has 2 unspecified atom stereocenters. The van der Waals surface area contributed by atoms with Crippen LogP contribution in [0, 0.1) is 32.1 Å². The highest BCUT2D eigenvalue weighted by Gasteiger charge is 2.44. The molecule has 0 aliphatic carbocycles. The number of nitrogens with one attached hydrogen (secondary N) is 1. The zero-order valence-electron chi connectivity index (χ0n) is 26.8. The fourth-order valence-electron chi connectivity index (χ4n) is 6.25. The standard InChI is InChI=1S/C34H42F3N7O/c1-22-12-13-28(30(18-22)43-20-26(39-41-43)15-17-42-16-14-23(2)33(5,6)21-42)32(45)38-19-29(34(35,36)37)31-24(3)40-44(25(31)4)27-10-8-7-9-11-27/h7-13,18,20,23,29H,14-17,19,21H2,1-6H3,(H,38,45). The monoisotopic (exact) mass is 621 g/mol. The van der Waals surface area contributed by atoms with Crippen LogP contribution < -0.4 is 5.32 Å². The Morgan fingerprint density at radius 3 is 2.53 bits per heavy atom.